The lowest BCUT2D eigenvalue weighted by molar-refractivity contribution is -0.158. The molecule has 1 aromatic carbocycles. The molecule has 1 heterocycles. The Kier molecular flexibility index (Phi) is 4.95. The third kappa shape index (κ3) is 3.71. The highest BCUT2D eigenvalue weighted by Gasteiger charge is 2.30. The van der Waals surface area contributed by atoms with Gasteiger partial charge in [0.1, 0.15) is 6.61 Å². The topological polar surface area (TPSA) is 65.1 Å². The van der Waals surface area contributed by atoms with Crippen LogP contribution in [0, 0.1) is 0 Å². The molecule has 2 rings (SSSR count). The van der Waals surface area contributed by atoms with E-state index in [1.807, 2.05) is 30.3 Å². The lowest BCUT2D eigenvalue weighted by Crippen LogP contribution is -2.49. The zero-order valence-electron chi connectivity index (χ0n) is 11.3. The maximum Gasteiger partial charge on any atom is 0.410 e. The normalized spacial score (nSPS) is 18.4. The number of hydrogen-bond acceptors (Lipinski definition) is 5. The molecule has 1 aliphatic rings. The number of benzene rings is 1. The maximum absolute atomic E-state index is 11.9. The van der Waals surface area contributed by atoms with Crippen LogP contribution in [0.25, 0.3) is 0 Å². The van der Waals surface area contributed by atoms with Gasteiger partial charge in [-0.2, -0.15) is 0 Å². The lowest BCUT2D eigenvalue weighted by atomic mass is 10.2. The van der Waals surface area contributed by atoms with E-state index in [0.29, 0.717) is 13.2 Å². The van der Waals surface area contributed by atoms with Crippen molar-refractivity contribution in [2.75, 3.05) is 26.8 Å². The van der Waals surface area contributed by atoms with E-state index in [0.717, 1.165) is 5.56 Å². The summed E-state index contributed by atoms with van der Waals surface area (Å²) in [6.45, 7) is 1.06. The zero-order valence-corrected chi connectivity index (χ0v) is 11.3. The molecule has 20 heavy (non-hydrogen) atoms. The van der Waals surface area contributed by atoms with Crippen molar-refractivity contribution in [1.82, 2.24) is 4.90 Å². The van der Waals surface area contributed by atoms with Crippen molar-refractivity contribution < 1.29 is 23.8 Å². The fourth-order valence-corrected chi connectivity index (χ4v) is 1.90. The molecular formula is C14H17NO5. The number of hydrogen-bond donors (Lipinski definition) is 0. The minimum absolute atomic E-state index is 0.153. The van der Waals surface area contributed by atoms with E-state index in [-0.39, 0.29) is 13.2 Å². The minimum atomic E-state index is -0.738. The van der Waals surface area contributed by atoms with Crippen molar-refractivity contribution in [3.63, 3.8) is 0 Å². The van der Waals surface area contributed by atoms with Gasteiger partial charge in [0.15, 0.2) is 6.10 Å². The van der Waals surface area contributed by atoms with Gasteiger partial charge in [-0.3, -0.25) is 0 Å². The van der Waals surface area contributed by atoms with E-state index in [4.69, 9.17) is 9.47 Å². The van der Waals surface area contributed by atoms with Crippen molar-refractivity contribution in [3.05, 3.63) is 35.9 Å². The fraction of sp³-hybridized carbons (Fsp3) is 0.429. The van der Waals surface area contributed by atoms with Crippen molar-refractivity contribution in [3.8, 4) is 0 Å². The second-order valence-electron chi connectivity index (χ2n) is 4.37. The molecule has 1 aromatic rings. The third-order valence-corrected chi connectivity index (χ3v) is 2.99. The molecule has 1 amide bonds. The van der Waals surface area contributed by atoms with Gasteiger partial charge in [-0.05, 0) is 5.56 Å². The van der Waals surface area contributed by atoms with E-state index in [1.165, 1.54) is 12.0 Å². The molecule has 0 radical (unpaired) electrons. The summed E-state index contributed by atoms with van der Waals surface area (Å²) in [5.74, 6) is -0.481. The van der Waals surface area contributed by atoms with E-state index < -0.39 is 18.2 Å². The SMILES string of the molecule is COC(=O)C1CN(C(=O)OCc2ccccc2)CCO1. The Balaban J connectivity index is 1.84. The van der Waals surface area contributed by atoms with E-state index in [1.54, 1.807) is 0 Å². The van der Waals surface area contributed by atoms with Gasteiger partial charge in [0, 0.05) is 6.54 Å². The highest BCUT2D eigenvalue weighted by molar-refractivity contribution is 5.76. The summed E-state index contributed by atoms with van der Waals surface area (Å²) in [7, 11) is 1.29. The zero-order chi connectivity index (χ0) is 14.4. The van der Waals surface area contributed by atoms with Crippen LogP contribution >= 0.6 is 0 Å². The molecule has 0 bridgehead atoms. The van der Waals surface area contributed by atoms with Crippen LogP contribution in [0.4, 0.5) is 4.79 Å². The average molecular weight is 279 g/mol. The van der Waals surface area contributed by atoms with Gasteiger partial charge in [-0.15, -0.1) is 0 Å². The minimum Gasteiger partial charge on any atom is -0.467 e. The number of morpholine rings is 1. The summed E-state index contributed by atoms with van der Waals surface area (Å²) >= 11 is 0. The van der Waals surface area contributed by atoms with E-state index in [2.05, 4.69) is 4.74 Å². The smallest absolute Gasteiger partial charge is 0.410 e. The molecule has 1 aliphatic heterocycles. The first-order valence-electron chi connectivity index (χ1n) is 6.36. The van der Waals surface area contributed by atoms with Crippen LogP contribution in [-0.2, 0) is 25.6 Å². The predicted octanol–water partition coefficient (Wildman–Crippen LogP) is 1.20. The Morgan fingerprint density at radius 2 is 2.10 bits per heavy atom. The monoisotopic (exact) mass is 279 g/mol. The Hall–Kier alpha value is -2.08. The summed E-state index contributed by atoms with van der Waals surface area (Å²) in [5, 5.41) is 0. The summed E-state index contributed by atoms with van der Waals surface area (Å²) in [6, 6.07) is 9.42. The van der Waals surface area contributed by atoms with Crippen molar-refractivity contribution in [2.45, 2.75) is 12.7 Å². The van der Waals surface area contributed by atoms with Gasteiger partial charge in [-0.1, -0.05) is 30.3 Å². The van der Waals surface area contributed by atoms with Gasteiger partial charge in [0.2, 0.25) is 0 Å². The molecule has 108 valence electrons. The first-order valence-corrected chi connectivity index (χ1v) is 6.36. The second-order valence-corrected chi connectivity index (χ2v) is 4.37. The molecule has 1 fully saturated rings. The fourth-order valence-electron chi connectivity index (χ4n) is 1.90. The molecule has 1 unspecified atom stereocenters. The summed E-state index contributed by atoms with van der Waals surface area (Å²) in [5.41, 5.74) is 0.915. The Morgan fingerprint density at radius 3 is 2.80 bits per heavy atom. The number of ether oxygens (including phenoxy) is 3. The van der Waals surface area contributed by atoms with Gasteiger partial charge >= 0.3 is 12.1 Å². The van der Waals surface area contributed by atoms with Crippen LogP contribution in [0.5, 0.6) is 0 Å². The van der Waals surface area contributed by atoms with Crippen LogP contribution in [0.2, 0.25) is 0 Å². The molecule has 6 nitrogen and oxygen atoms in total. The summed E-state index contributed by atoms with van der Waals surface area (Å²) in [4.78, 5) is 24.8. The third-order valence-electron chi connectivity index (χ3n) is 2.99. The highest BCUT2D eigenvalue weighted by atomic mass is 16.6. The van der Waals surface area contributed by atoms with Crippen LogP contribution < -0.4 is 0 Å². The summed E-state index contributed by atoms with van der Waals surface area (Å²) in [6.07, 6.45) is -1.19. The number of carbonyl (C=O) groups is 2. The molecular weight excluding hydrogens is 262 g/mol. The Bertz CT molecular complexity index is 462. The first-order chi connectivity index (χ1) is 9.70. The molecule has 0 saturated carbocycles. The number of methoxy groups -OCH3 is 1. The largest absolute Gasteiger partial charge is 0.467 e. The quantitative estimate of drug-likeness (QED) is 0.778. The van der Waals surface area contributed by atoms with Crippen LogP contribution in [0.15, 0.2) is 30.3 Å². The first kappa shape index (κ1) is 14.3. The van der Waals surface area contributed by atoms with Crippen molar-refractivity contribution in [1.29, 1.82) is 0 Å². The number of esters is 1. The van der Waals surface area contributed by atoms with Gasteiger partial charge in [0.05, 0.1) is 20.3 Å². The molecule has 1 saturated heterocycles. The van der Waals surface area contributed by atoms with Crippen LogP contribution in [0.1, 0.15) is 5.56 Å². The van der Waals surface area contributed by atoms with Crippen LogP contribution in [-0.4, -0.2) is 49.9 Å². The summed E-state index contributed by atoms with van der Waals surface area (Å²) < 4.78 is 15.1. The van der Waals surface area contributed by atoms with Gasteiger partial charge in [0.25, 0.3) is 0 Å². The molecule has 0 N–H and O–H groups in total. The lowest BCUT2D eigenvalue weighted by Gasteiger charge is -2.30. The second kappa shape index (κ2) is 6.91. The Labute approximate surface area is 117 Å². The molecule has 0 aromatic heterocycles. The predicted molar refractivity (Wildman–Crippen MR) is 70.0 cm³/mol. The molecule has 1 atom stereocenters. The highest BCUT2D eigenvalue weighted by Crippen LogP contribution is 2.09. The number of amides is 1. The molecule has 0 spiro atoms. The van der Waals surface area contributed by atoms with Gasteiger partial charge in [-0.25, -0.2) is 9.59 Å². The van der Waals surface area contributed by atoms with Crippen molar-refractivity contribution >= 4 is 12.1 Å². The average Bonchev–Trinajstić information content (AvgIpc) is 2.53. The number of carbonyl (C=O) groups excluding carboxylic acids is 2. The molecule has 6 heteroatoms. The maximum atomic E-state index is 11.9. The standard InChI is InChI=1S/C14H17NO5/c1-18-13(16)12-9-15(7-8-19-12)14(17)20-10-11-5-3-2-4-6-11/h2-6,12H,7-10H2,1H3. The van der Waals surface area contributed by atoms with Crippen molar-refractivity contribution in [2.24, 2.45) is 0 Å². The number of rotatable bonds is 3. The van der Waals surface area contributed by atoms with E-state index in [9.17, 15) is 9.59 Å². The number of nitrogens with zero attached hydrogens (tertiary/aromatic N) is 1. The van der Waals surface area contributed by atoms with E-state index >= 15 is 0 Å². The Morgan fingerprint density at radius 1 is 1.35 bits per heavy atom. The van der Waals surface area contributed by atoms with Gasteiger partial charge < -0.3 is 19.1 Å². The van der Waals surface area contributed by atoms with Crippen LogP contribution in [0.3, 0.4) is 0 Å². The molecule has 0 aliphatic carbocycles.